The summed E-state index contributed by atoms with van der Waals surface area (Å²) in [7, 11) is 0. The van der Waals surface area contributed by atoms with Crippen LogP contribution in [0.25, 0.3) is 0 Å². The Labute approximate surface area is 207 Å². The molecule has 2 rings (SSSR count). The van der Waals surface area contributed by atoms with Crippen LogP contribution in [0.1, 0.15) is 57.6 Å². The summed E-state index contributed by atoms with van der Waals surface area (Å²) < 4.78 is 5.76. The van der Waals surface area contributed by atoms with E-state index in [9.17, 15) is 9.59 Å². The first-order valence-electron chi connectivity index (χ1n) is 11.5. The molecule has 0 aliphatic carbocycles. The topological polar surface area (TPSA) is 58.6 Å². The van der Waals surface area contributed by atoms with Gasteiger partial charge in [-0.25, -0.2) is 0 Å². The Morgan fingerprint density at radius 3 is 2.33 bits per heavy atom. The summed E-state index contributed by atoms with van der Waals surface area (Å²) in [4.78, 5) is 27.9. The molecule has 0 radical (unpaired) electrons. The molecule has 0 aliphatic rings. The van der Waals surface area contributed by atoms with Gasteiger partial charge in [0, 0.05) is 19.0 Å². The molecule has 0 heterocycles. The zero-order valence-corrected chi connectivity index (χ0v) is 21.4. The monoisotopic (exact) mass is 492 g/mol. The van der Waals surface area contributed by atoms with Gasteiger partial charge in [0.15, 0.2) is 0 Å². The molecular weight excluding hydrogens is 459 g/mol. The highest BCUT2D eigenvalue weighted by molar-refractivity contribution is 6.42. The van der Waals surface area contributed by atoms with E-state index in [1.807, 2.05) is 58.0 Å². The largest absolute Gasteiger partial charge is 0.494 e. The van der Waals surface area contributed by atoms with Crippen LogP contribution in [0.4, 0.5) is 0 Å². The average molecular weight is 493 g/mol. The number of hydrogen-bond acceptors (Lipinski definition) is 3. The number of hydrogen-bond donors (Lipinski definition) is 1. The fraction of sp³-hybridized carbons (Fsp3) is 0.462. The molecule has 0 aromatic heterocycles. The van der Waals surface area contributed by atoms with Crippen molar-refractivity contribution in [3.8, 4) is 5.75 Å². The highest BCUT2D eigenvalue weighted by atomic mass is 35.5. The molecule has 0 saturated heterocycles. The maximum absolute atomic E-state index is 13.2. The third-order valence-electron chi connectivity index (χ3n) is 5.55. The van der Waals surface area contributed by atoms with E-state index in [2.05, 4.69) is 5.32 Å². The van der Waals surface area contributed by atoms with Crippen LogP contribution in [0.3, 0.4) is 0 Å². The maximum atomic E-state index is 13.2. The number of amides is 2. The second kappa shape index (κ2) is 13.5. The summed E-state index contributed by atoms with van der Waals surface area (Å²) >= 11 is 12.2. The minimum absolute atomic E-state index is 0.0383. The first-order chi connectivity index (χ1) is 15.7. The Balaban J connectivity index is 2.09. The molecule has 180 valence electrons. The van der Waals surface area contributed by atoms with E-state index in [0.717, 1.165) is 23.3 Å². The van der Waals surface area contributed by atoms with Gasteiger partial charge in [0.05, 0.1) is 16.7 Å². The Morgan fingerprint density at radius 1 is 1.03 bits per heavy atom. The molecule has 2 aromatic rings. The van der Waals surface area contributed by atoms with E-state index in [1.54, 1.807) is 17.0 Å². The third kappa shape index (κ3) is 8.56. The number of aryl methyl sites for hydroxylation is 1. The van der Waals surface area contributed by atoms with Crippen LogP contribution in [-0.2, 0) is 16.1 Å². The van der Waals surface area contributed by atoms with E-state index in [0.29, 0.717) is 29.5 Å². The number of nitrogens with zero attached hydrogens (tertiary/aromatic N) is 1. The van der Waals surface area contributed by atoms with Gasteiger partial charge in [-0.3, -0.25) is 9.59 Å². The molecule has 2 atom stereocenters. The minimum Gasteiger partial charge on any atom is -0.494 e. The summed E-state index contributed by atoms with van der Waals surface area (Å²) in [5, 5.41) is 3.88. The lowest BCUT2D eigenvalue weighted by Gasteiger charge is -2.31. The molecular formula is C26H34Cl2N2O3. The molecule has 0 saturated carbocycles. The Bertz CT molecular complexity index is 918. The number of benzene rings is 2. The summed E-state index contributed by atoms with van der Waals surface area (Å²) in [5.41, 5.74) is 1.99. The van der Waals surface area contributed by atoms with Gasteiger partial charge in [0.25, 0.3) is 0 Å². The zero-order chi connectivity index (χ0) is 24.4. The first-order valence-corrected chi connectivity index (χ1v) is 12.2. The van der Waals surface area contributed by atoms with Crippen molar-refractivity contribution in [2.45, 2.75) is 72.0 Å². The predicted octanol–water partition coefficient (Wildman–Crippen LogP) is 6.18. The zero-order valence-electron chi connectivity index (χ0n) is 19.9. The summed E-state index contributed by atoms with van der Waals surface area (Å²) in [5.74, 6) is 0.538. The van der Waals surface area contributed by atoms with E-state index in [-0.39, 0.29) is 30.8 Å². The number of nitrogens with one attached hydrogen (secondary N) is 1. The lowest BCUT2D eigenvalue weighted by molar-refractivity contribution is -0.141. The van der Waals surface area contributed by atoms with Gasteiger partial charge in [-0.2, -0.15) is 0 Å². The van der Waals surface area contributed by atoms with Crippen LogP contribution >= 0.6 is 23.2 Å². The SMILES string of the molecule is CC[C@H](C)NC(=O)[C@H](CC)N(Cc1ccc(Cl)c(Cl)c1)C(=O)CCCOc1ccc(C)cc1. The summed E-state index contributed by atoms with van der Waals surface area (Å²) in [6.07, 6.45) is 2.16. The standard InChI is InChI=1S/C26H34Cl2N2O3/c1-5-19(4)29-26(32)24(6-2)30(17-20-11-14-22(27)23(28)16-20)25(31)8-7-15-33-21-12-9-18(3)10-13-21/h9-14,16,19,24H,5-8,15,17H2,1-4H3,(H,29,32)/t19-,24-/m0/s1. The van der Waals surface area contributed by atoms with Gasteiger partial charge >= 0.3 is 0 Å². The maximum Gasteiger partial charge on any atom is 0.243 e. The molecule has 2 amide bonds. The van der Waals surface area contributed by atoms with Crippen molar-refractivity contribution in [3.63, 3.8) is 0 Å². The smallest absolute Gasteiger partial charge is 0.243 e. The first kappa shape index (κ1) is 27.0. The van der Waals surface area contributed by atoms with Crippen molar-refractivity contribution in [1.82, 2.24) is 10.2 Å². The average Bonchev–Trinajstić information content (AvgIpc) is 2.79. The van der Waals surface area contributed by atoms with Crippen molar-refractivity contribution in [2.24, 2.45) is 0 Å². The van der Waals surface area contributed by atoms with Crippen LogP contribution in [-0.4, -0.2) is 35.4 Å². The van der Waals surface area contributed by atoms with Crippen LogP contribution < -0.4 is 10.1 Å². The van der Waals surface area contributed by atoms with Crippen LogP contribution in [0.2, 0.25) is 10.0 Å². The van der Waals surface area contributed by atoms with Crippen molar-refractivity contribution >= 4 is 35.0 Å². The molecule has 0 unspecified atom stereocenters. The quantitative estimate of drug-likeness (QED) is 0.359. The molecule has 5 nitrogen and oxygen atoms in total. The number of halogens is 2. The van der Waals surface area contributed by atoms with Crippen molar-refractivity contribution in [2.75, 3.05) is 6.61 Å². The summed E-state index contributed by atoms with van der Waals surface area (Å²) in [6, 6.07) is 12.5. The molecule has 0 spiro atoms. The van der Waals surface area contributed by atoms with Crippen LogP contribution in [0, 0.1) is 6.92 Å². The van der Waals surface area contributed by atoms with Gasteiger partial charge in [-0.15, -0.1) is 0 Å². The van der Waals surface area contributed by atoms with Crippen molar-refractivity contribution in [1.29, 1.82) is 0 Å². The van der Waals surface area contributed by atoms with Gasteiger partial charge in [0.2, 0.25) is 11.8 Å². The van der Waals surface area contributed by atoms with E-state index in [4.69, 9.17) is 27.9 Å². The second-order valence-electron chi connectivity index (χ2n) is 8.28. The van der Waals surface area contributed by atoms with Crippen LogP contribution in [0.15, 0.2) is 42.5 Å². The number of ether oxygens (including phenoxy) is 1. The Hall–Kier alpha value is -2.24. The molecule has 0 bridgehead atoms. The Morgan fingerprint density at radius 2 is 1.73 bits per heavy atom. The number of carbonyl (C=O) groups excluding carboxylic acids is 2. The third-order valence-corrected chi connectivity index (χ3v) is 6.29. The lowest BCUT2D eigenvalue weighted by atomic mass is 10.1. The lowest BCUT2D eigenvalue weighted by Crippen LogP contribution is -2.50. The van der Waals surface area contributed by atoms with E-state index in [1.165, 1.54) is 0 Å². The van der Waals surface area contributed by atoms with E-state index >= 15 is 0 Å². The fourth-order valence-electron chi connectivity index (χ4n) is 3.39. The van der Waals surface area contributed by atoms with Gasteiger partial charge in [0.1, 0.15) is 11.8 Å². The van der Waals surface area contributed by atoms with Crippen molar-refractivity contribution in [3.05, 3.63) is 63.6 Å². The minimum atomic E-state index is -0.570. The highest BCUT2D eigenvalue weighted by Crippen LogP contribution is 2.24. The van der Waals surface area contributed by atoms with Crippen LogP contribution in [0.5, 0.6) is 5.75 Å². The fourth-order valence-corrected chi connectivity index (χ4v) is 3.71. The molecule has 0 aliphatic heterocycles. The number of rotatable bonds is 12. The van der Waals surface area contributed by atoms with Crippen molar-refractivity contribution < 1.29 is 14.3 Å². The molecule has 33 heavy (non-hydrogen) atoms. The molecule has 2 aromatic carbocycles. The second-order valence-corrected chi connectivity index (χ2v) is 9.09. The molecule has 1 N–H and O–H groups in total. The molecule has 7 heteroatoms. The summed E-state index contributed by atoms with van der Waals surface area (Å²) in [6.45, 7) is 8.60. The van der Waals surface area contributed by atoms with Gasteiger partial charge in [-0.05, 0) is 62.9 Å². The normalized spacial score (nSPS) is 12.7. The van der Waals surface area contributed by atoms with Gasteiger partial charge in [-0.1, -0.05) is 60.8 Å². The number of carbonyl (C=O) groups is 2. The highest BCUT2D eigenvalue weighted by Gasteiger charge is 2.29. The van der Waals surface area contributed by atoms with E-state index < -0.39 is 6.04 Å². The van der Waals surface area contributed by atoms with Gasteiger partial charge < -0.3 is 15.0 Å². The Kier molecular flexibility index (Phi) is 11.0. The molecule has 0 fully saturated rings. The predicted molar refractivity (Wildman–Crippen MR) is 135 cm³/mol.